The molecular formula is C25H29FN6O. The summed E-state index contributed by atoms with van der Waals surface area (Å²) in [5.74, 6) is 0.423. The van der Waals surface area contributed by atoms with Crippen LogP contribution < -0.4 is 4.90 Å². The molecule has 172 valence electrons. The Morgan fingerprint density at radius 3 is 2.73 bits per heavy atom. The number of carbonyl (C=O) groups excluding carboxylic acids is 1. The quantitative estimate of drug-likeness (QED) is 0.654. The number of H-pyrrole nitrogens is 1. The van der Waals surface area contributed by atoms with Gasteiger partial charge in [-0.1, -0.05) is 12.1 Å². The Hall–Kier alpha value is -3.29. The number of benzene rings is 1. The fourth-order valence-electron chi connectivity index (χ4n) is 4.96. The van der Waals surface area contributed by atoms with Crippen molar-refractivity contribution in [1.29, 1.82) is 0 Å². The number of carbonyl (C=O) groups is 1. The van der Waals surface area contributed by atoms with Gasteiger partial charge in [-0.25, -0.2) is 14.4 Å². The maximum Gasteiger partial charge on any atom is 0.274 e. The van der Waals surface area contributed by atoms with E-state index in [-0.39, 0.29) is 17.6 Å². The summed E-state index contributed by atoms with van der Waals surface area (Å²) in [6.07, 6.45) is 7.77. The van der Waals surface area contributed by atoms with Crippen LogP contribution in [0, 0.1) is 5.82 Å². The minimum atomic E-state index is -0.275. The molecule has 3 aromatic rings. The number of fused-ring (bicyclic) bond motifs is 1. The lowest BCUT2D eigenvalue weighted by Gasteiger charge is -2.33. The Balaban J connectivity index is 1.46. The molecule has 1 amide bonds. The topological polar surface area (TPSA) is 78.0 Å². The maximum absolute atomic E-state index is 13.5. The summed E-state index contributed by atoms with van der Waals surface area (Å²) in [5, 5.41) is 7.49. The molecular weight excluding hydrogens is 419 g/mol. The number of halogens is 1. The van der Waals surface area contributed by atoms with Crippen molar-refractivity contribution in [3.63, 3.8) is 0 Å². The molecule has 1 aliphatic heterocycles. The van der Waals surface area contributed by atoms with Crippen LogP contribution in [0.2, 0.25) is 0 Å². The number of aromatic nitrogens is 4. The first-order chi connectivity index (χ1) is 16.0. The highest BCUT2D eigenvalue weighted by atomic mass is 19.1. The van der Waals surface area contributed by atoms with Crippen LogP contribution in [0.25, 0.3) is 11.1 Å². The second-order valence-electron chi connectivity index (χ2n) is 9.20. The second kappa shape index (κ2) is 8.92. The second-order valence-corrected chi connectivity index (χ2v) is 9.20. The van der Waals surface area contributed by atoms with Crippen LogP contribution in [0.1, 0.15) is 59.0 Å². The summed E-state index contributed by atoms with van der Waals surface area (Å²) in [7, 11) is 3.82. The smallest absolute Gasteiger partial charge is 0.274 e. The number of piperidine rings is 1. The molecule has 8 heteroatoms. The summed E-state index contributed by atoms with van der Waals surface area (Å²) in [6, 6.07) is 6.43. The third-order valence-corrected chi connectivity index (χ3v) is 6.71. The van der Waals surface area contributed by atoms with Crippen molar-refractivity contribution in [2.24, 2.45) is 0 Å². The molecule has 2 aliphatic rings. The summed E-state index contributed by atoms with van der Waals surface area (Å²) in [6.45, 7) is 1.30. The van der Waals surface area contributed by atoms with Crippen LogP contribution in [0.5, 0.6) is 0 Å². The number of nitrogens with zero attached hydrogens (tertiary/aromatic N) is 5. The van der Waals surface area contributed by atoms with Crippen molar-refractivity contribution in [2.75, 3.05) is 32.1 Å². The third-order valence-electron chi connectivity index (χ3n) is 6.71. The van der Waals surface area contributed by atoms with E-state index in [0.717, 1.165) is 66.6 Å². The van der Waals surface area contributed by atoms with E-state index >= 15 is 0 Å². The van der Waals surface area contributed by atoms with Crippen LogP contribution in [0.15, 0.2) is 30.5 Å². The molecule has 1 atom stereocenters. The molecule has 1 saturated heterocycles. The van der Waals surface area contributed by atoms with E-state index in [9.17, 15) is 9.18 Å². The van der Waals surface area contributed by atoms with Crippen molar-refractivity contribution in [2.45, 2.75) is 44.4 Å². The zero-order valence-electron chi connectivity index (χ0n) is 19.1. The van der Waals surface area contributed by atoms with Gasteiger partial charge in [0.1, 0.15) is 5.82 Å². The molecule has 5 rings (SSSR count). The van der Waals surface area contributed by atoms with E-state index in [1.54, 1.807) is 12.1 Å². The monoisotopic (exact) mass is 448 g/mol. The fraction of sp³-hybridized carbons (Fsp3) is 0.440. The predicted octanol–water partition coefficient (Wildman–Crippen LogP) is 3.97. The number of rotatable bonds is 4. The maximum atomic E-state index is 13.5. The number of hydrogen-bond donors (Lipinski definition) is 1. The van der Waals surface area contributed by atoms with Crippen molar-refractivity contribution < 1.29 is 9.18 Å². The molecule has 1 aromatic carbocycles. The molecule has 0 radical (unpaired) electrons. The molecule has 0 bridgehead atoms. The highest BCUT2D eigenvalue weighted by molar-refractivity contribution is 5.94. The summed E-state index contributed by atoms with van der Waals surface area (Å²) < 4.78 is 13.5. The van der Waals surface area contributed by atoms with Gasteiger partial charge in [0.2, 0.25) is 5.95 Å². The molecule has 1 N–H and O–H groups in total. The molecule has 1 aliphatic carbocycles. The number of likely N-dealkylation sites (tertiary alicyclic amines) is 1. The highest BCUT2D eigenvalue weighted by Gasteiger charge is 2.31. The number of hydrogen-bond acceptors (Lipinski definition) is 5. The van der Waals surface area contributed by atoms with E-state index in [1.165, 1.54) is 12.1 Å². The molecule has 33 heavy (non-hydrogen) atoms. The van der Waals surface area contributed by atoms with E-state index in [1.807, 2.05) is 30.1 Å². The van der Waals surface area contributed by atoms with Gasteiger partial charge in [-0.15, -0.1) is 0 Å². The summed E-state index contributed by atoms with van der Waals surface area (Å²) in [5.41, 5.74) is 5.46. The van der Waals surface area contributed by atoms with Gasteiger partial charge in [0.15, 0.2) is 5.69 Å². The number of anilines is 1. The summed E-state index contributed by atoms with van der Waals surface area (Å²) >= 11 is 0. The minimum Gasteiger partial charge on any atom is -0.347 e. The first-order valence-electron chi connectivity index (χ1n) is 11.7. The van der Waals surface area contributed by atoms with Crippen molar-refractivity contribution in [1.82, 2.24) is 25.1 Å². The van der Waals surface area contributed by atoms with Crippen molar-refractivity contribution in [3.05, 3.63) is 58.9 Å². The van der Waals surface area contributed by atoms with E-state index in [4.69, 9.17) is 4.98 Å². The van der Waals surface area contributed by atoms with Gasteiger partial charge in [-0.3, -0.25) is 9.89 Å². The van der Waals surface area contributed by atoms with Crippen LogP contribution in [-0.4, -0.2) is 58.2 Å². The van der Waals surface area contributed by atoms with Gasteiger partial charge in [-0.2, -0.15) is 5.10 Å². The zero-order valence-corrected chi connectivity index (χ0v) is 19.1. The van der Waals surface area contributed by atoms with Crippen LogP contribution in [0.3, 0.4) is 0 Å². The van der Waals surface area contributed by atoms with Crippen molar-refractivity contribution in [3.8, 4) is 11.1 Å². The molecule has 0 saturated carbocycles. The van der Waals surface area contributed by atoms with Gasteiger partial charge in [0.25, 0.3) is 5.91 Å². The van der Waals surface area contributed by atoms with Gasteiger partial charge in [0, 0.05) is 56.1 Å². The number of aryl methyl sites for hydroxylation is 1. The lowest BCUT2D eigenvalue weighted by Crippen LogP contribution is -2.40. The van der Waals surface area contributed by atoms with Crippen LogP contribution in [0.4, 0.5) is 10.3 Å². The van der Waals surface area contributed by atoms with Crippen LogP contribution in [-0.2, 0) is 12.8 Å². The van der Waals surface area contributed by atoms with Gasteiger partial charge in [0.05, 0.1) is 5.69 Å². The summed E-state index contributed by atoms with van der Waals surface area (Å²) in [4.78, 5) is 26.6. The number of amides is 1. The number of nitrogens with one attached hydrogen (secondary N) is 1. The van der Waals surface area contributed by atoms with Crippen LogP contribution >= 0.6 is 0 Å². The average molecular weight is 449 g/mol. The lowest BCUT2D eigenvalue weighted by molar-refractivity contribution is 0.0698. The Labute approximate surface area is 193 Å². The SMILES string of the molecule is CN(C)c1ncc(-c2ccc(F)cc2)c([C@H]2CCCN(C(=O)c3n[nH]c4c3CCCC4)C2)n1. The Morgan fingerprint density at radius 2 is 1.94 bits per heavy atom. The van der Waals surface area contributed by atoms with Gasteiger partial charge < -0.3 is 9.80 Å². The first-order valence-corrected chi connectivity index (χ1v) is 11.7. The molecule has 3 heterocycles. The van der Waals surface area contributed by atoms with E-state index < -0.39 is 0 Å². The predicted molar refractivity (Wildman–Crippen MR) is 125 cm³/mol. The molecule has 0 unspecified atom stereocenters. The van der Waals surface area contributed by atoms with Gasteiger partial charge >= 0.3 is 0 Å². The fourth-order valence-corrected chi connectivity index (χ4v) is 4.96. The Bertz CT molecular complexity index is 1160. The van der Waals surface area contributed by atoms with E-state index in [0.29, 0.717) is 24.7 Å². The molecule has 0 spiro atoms. The van der Waals surface area contributed by atoms with Crippen molar-refractivity contribution >= 4 is 11.9 Å². The number of aromatic amines is 1. The van der Waals surface area contributed by atoms with Gasteiger partial charge in [-0.05, 0) is 56.2 Å². The Morgan fingerprint density at radius 1 is 1.15 bits per heavy atom. The highest BCUT2D eigenvalue weighted by Crippen LogP contribution is 2.35. The minimum absolute atomic E-state index is 0.00400. The van der Waals surface area contributed by atoms with E-state index in [2.05, 4.69) is 15.2 Å². The normalized spacial score (nSPS) is 18.2. The first kappa shape index (κ1) is 21.6. The third kappa shape index (κ3) is 4.21. The zero-order chi connectivity index (χ0) is 22.9. The average Bonchev–Trinajstić information content (AvgIpc) is 3.28. The largest absolute Gasteiger partial charge is 0.347 e. The Kier molecular flexibility index (Phi) is 5.83. The molecule has 2 aromatic heterocycles. The lowest BCUT2D eigenvalue weighted by atomic mass is 9.89. The molecule has 1 fully saturated rings. The standard InChI is InChI=1S/C25H29FN6O/c1-31(2)25-27-14-20(16-9-11-18(26)12-10-16)22(28-25)17-6-5-13-32(15-17)24(33)23-19-7-3-4-8-21(19)29-30-23/h9-12,14,17H,3-8,13,15H2,1-2H3,(H,29,30)/t17-/m0/s1. The molecule has 7 nitrogen and oxygen atoms in total.